The number of carbonyl (C=O) groups excluding carboxylic acids is 1. The van der Waals surface area contributed by atoms with E-state index in [4.69, 9.17) is 0 Å². The van der Waals surface area contributed by atoms with Gasteiger partial charge in [-0.3, -0.25) is 4.79 Å². The first kappa shape index (κ1) is 14.6. The molecular formula is C16H23NOS. The highest BCUT2D eigenvalue weighted by molar-refractivity contribution is 7.98. The average Bonchev–Trinajstić information content (AvgIpc) is 2.47. The van der Waals surface area contributed by atoms with Crippen LogP contribution in [0.3, 0.4) is 0 Å². The monoisotopic (exact) mass is 277 g/mol. The quantitative estimate of drug-likeness (QED) is 0.604. The van der Waals surface area contributed by atoms with Gasteiger partial charge in [-0.2, -0.15) is 0 Å². The fraction of sp³-hybridized carbons (Fsp3) is 0.562. The minimum Gasteiger partial charge on any atom is -0.303 e. The van der Waals surface area contributed by atoms with Crippen LogP contribution in [0.4, 0.5) is 0 Å². The number of ketones is 1. The van der Waals surface area contributed by atoms with Crippen molar-refractivity contribution in [3.8, 4) is 0 Å². The van der Waals surface area contributed by atoms with Crippen LogP contribution >= 0.6 is 11.8 Å². The Morgan fingerprint density at radius 3 is 2.42 bits per heavy atom. The molecule has 0 aromatic heterocycles. The van der Waals surface area contributed by atoms with Gasteiger partial charge in [-0.25, -0.2) is 0 Å². The Kier molecular flexibility index (Phi) is 5.46. The van der Waals surface area contributed by atoms with Crippen molar-refractivity contribution < 1.29 is 4.79 Å². The topological polar surface area (TPSA) is 20.3 Å². The number of benzene rings is 1. The molecule has 0 spiro atoms. The Labute approximate surface area is 120 Å². The maximum atomic E-state index is 12.4. The Hall–Kier alpha value is -0.800. The van der Waals surface area contributed by atoms with E-state index in [9.17, 15) is 4.79 Å². The van der Waals surface area contributed by atoms with E-state index in [1.54, 1.807) is 11.8 Å². The molecule has 1 aromatic carbocycles. The van der Waals surface area contributed by atoms with Gasteiger partial charge in [-0.05, 0) is 44.3 Å². The van der Waals surface area contributed by atoms with Gasteiger partial charge in [0, 0.05) is 22.9 Å². The van der Waals surface area contributed by atoms with E-state index in [1.807, 2.05) is 24.3 Å². The first-order valence-corrected chi connectivity index (χ1v) is 8.34. The maximum Gasteiger partial charge on any atom is 0.166 e. The lowest BCUT2D eigenvalue weighted by molar-refractivity contribution is 0.0883. The van der Waals surface area contributed by atoms with Crippen molar-refractivity contribution in [2.75, 3.05) is 25.9 Å². The summed E-state index contributed by atoms with van der Waals surface area (Å²) in [5, 5.41) is 0. The fourth-order valence-electron chi connectivity index (χ4n) is 2.65. The summed E-state index contributed by atoms with van der Waals surface area (Å²) in [5.41, 5.74) is 0.849. The van der Waals surface area contributed by atoms with Crippen LogP contribution in [0, 0.1) is 5.92 Å². The summed E-state index contributed by atoms with van der Waals surface area (Å²) < 4.78 is 0. The molecule has 0 saturated carbocycles. The molecule has 1 fully saturated rings. The van der Waals surface area contributed by atoms with Crippen molar-refractivity contribution in [1.82, 2.24) is 4.90 Å². The van der Waals surface area contributed by atoms with Crippen LogP contribution in [0.25, 0.3) is 0 Å². The maximum absolute atomic E-state index is 12.4. The molecule has 1 heterocycles. The zero-order chi connectivity index (χ0) is 13.7. The molecule has 2 rings (SSSR count). The Morgan fingerprint density at radius 2 is 1.84 bits per heavy atom. The number of rotatable bonds is 5. The third kappa shape index (κ3) is 4.08. The van der Waals surface area contributed by atoms with Crippen LogP contribution in [0.15, 0.2) is 29.2 Å². The molecule has 2 nitrogen and oxygen atoms in total. The summed E-state index contributed by atoms with van der Waals surface area (Å²) in [5.74, 6) is 0.372. The third-order valence-electron chi connectivity index (χ3n) is 3.80. The van der Waals surface area contributed by atoms with Gasteiger partial charge in [0.2, 0.25) is 0 Å². The third-order valence-corrected chi connectivity index (χ3v) is 4.55. The molecule has 0 amide bonds. The van der Waals surface area contributed by atoms with Gasteiger partial charge < -0.3 is 4.90 Å². The fourth-order valence-corrected chi connectivity index (χ4v) is 3.06. The Bertz CT molecular complexity index is 409. The van der Waals surface area contributed by atoms with Crippen molar-refractivity contribution in [2.24, 2.45) is 5.92 Å². The van der Waals surface area contributed by atoms with Gasteiger partial charge in [0.25, 0.3) is 0 Å². The highest BCUT2D eigenvalue weighted by Crippen LogP contribution is 2.18. The van der Waals surface area contributed by atoms with Gasteiger partial charge >= 0.3 is 0 Å². The van der Waals surface area contributed by atoms with E-state index < -0.39 is 0 Å². The van der Waals surface area contributed by atoms with E-state index in [2.05, 4.69) is 18.1 Å². The summed E-state index contributed by atoms with van der Waals surface area (Å²) in [6, 6.07) is 7.98. The second-order valence-electron chi connectivity index (χ2n) is 5.36. The second-order valence-corrected chi connectivity index (χ2v) is 6.23. The molecule has 0 aliphatic carbocycles. The zero-order valence-corrected chi connectivity index (χ0v) is 12.7. The molecule has 1 unspecified atom stereocenters. The van der Waals surface area contributed by atoms with Crippen LogP contribution < -0.4 is 0 Å². The van der Waals surface area contributed by atoms with E-state index in [-0.39, 0.29) is 11.7 Å². The number of likely N-dealkylation sites (tertiary alicyclic amines) is 1. The first-order chi connectivity index (χ1) is 9.20. The number of hydrogen-bond acceptors (Lipinski definition) is 3. The lowest BCUT2D eigenvalue weighted by atomic mass is 9.98. The number of thioether (sulfide) groups is 1. The van der Waals surface area contributed by atoms with Crippen molar-refractivity contribution in [3.05, 3.63) is 29.8 Å². The molecule has 104 valence electrons. The predicted molar refractivity (Wildman–Crippen MR) is 82.0 cm³/mol. The molecule has 3 heteroatoms. The number of Topliss-reactive ketones (excluding diaryl/α,β-unsaturated/α-hetero) is 1. The molecule has 1 aromatic rings. The number of hydrogen-bond donors (Lipinski definition) is 0. The molecule has 1 atom stereocenters. The first-order valence-electron chi connectivity index (χ1n) is 7.11. The molecule has 0 N–H and O–H groups in total. The highest BCUT2D eigenvalue weighted by atomic mass is 32.2. The van der Waals surface area contributed by atoms with Crippen LogP contribution in [-0.4, -0.2) is 36.6 Å². The van der Waals surface area contributed by atoms with Crippen LogP contribution in [0.1, 0.15) is 36.5 Å². The smallest absolute Gasteiger partial charge is 0.166 e. The Morgan fingerprint density at radius 1 is 1.21 bits per heavy atom. The minimum atomic E-state index is 0.0956. The summed E-state index contributed by atoms with van der Waals surface area (Å²) in [4.78, 5) is 16.0. The molecular weight excluding hydrogens is 254 g/mol. The van der Waals surface area contributed by atoms with Crippen LogP contribution in [0.5, 0.6) is 0 Å². The van der Waals surface area contributed by atoms with Crippen LogP contribution in [-0.2, 0) is 0 Å². The number of piperidine rings is 1. The molecule has 0 bridgehead atoms. The number of carbonyl (C=O) groups is 1. The Balaban J connectivity index is 1.93. The summed E-state index contributed by atoms with van der Waals surface area (Å²) in [7, 11) is 0. The zero-order valence-electron chi connectivity index (χ0n) is 11.9. The van der Waals surface area contributed by atoms with Gasteiger partial charge in [-0.1, -0.05) is 25.5 Å². The largest absolute Gasteiger partial charge is 0.303 e. The lowest BCUT2D eigenvalue weighted by Crippen LogP contribution is -2.35. The van der Waals surface area contributed by atoms with Crippen molar-refractivity contribution >= 4 is 17.5 Å². The second kappa shape index (κ2) is 7.11. The minimum absolute atomic E-state index is 0.0956. The molecule has 19 heavy (non-hydrogen) atoms. The molecule has 1 aliphatic rings. The summed E-state index contributed by atoms with van der Waals surface area (Å²) in [6.45, 7) is 5.27. The van der Waals surface area contributed by atoms with Crippen molar-refractivity contribution in [3.63, 3.8) is 0 Å². The molecule has 1 saturated heterocycles. The normalized spacial score (nSPS) is 18.2. The molecule has 1 aliphatic heterocycles. The van der Waals surface area contributed by atoms with E-state index in [0.29, 0.717) is 0 Å². The summed E-state index contributed by atoms with van der Waals surface area (Å²) >= 11 is 1.71. The van der Waals surface area contributed by atoms with Crippen molar-refractivity contribution in [1.29, 1.82) is 0 Å². The van der Waals surface area contributed by atoms with Crippen molar-refractivity contribution in [2.45, 2.75) is 31.1 Å². The highest BCUT2D eigenvalue weighted by Gasteiger charge is 2.19. The van der Waals surface area contributed by atoms with E-state index in [0.717, 1.165) is 25.2 Å². The number of nitrogens with zero attached hydrogens (tertiary/aromatic N) is 1. The average molecular weight is 277 g/mol. The van der Waals surface area contributed by atoms with E-state index >= 15 is 0 Å². The standard InChI is InChI=1S/C16H23NOS/c1-13(12-17-10-4-3-5-11-17)16(18)14-6-8-15(19-2)9-7-14/h6-9,13H,3-5,10-12H2,1-2H3. The van der Waals surface area contributed by atoms with Crippen LogP contribution in [0.2, 0.25) is 0 Å². The molecule has 0 radical (unpaired) electrons. The van der Waals surface area contributed by atoms with E-state index in [1.165, 1.54) is 24.2 Å². The lowest BCUT2D eigenvalue weighted by Gasteiger charge is -2.28. The summed E-state index contributed by atoms with van der Waals surface area (Å²) in [6.07, 6.45) is 5.96. The predicted octanol–water partition coefficient (Wildman–Crippen LogP) is 3.71. The van der Waals surface area contributed by atoms with Gasteiger partial charge in [0.1, 0.15) is 0 Å². The van der Waals surface area contributed by atoms with Gasteiger partial charge in [-0.15, -0.1) is 11.8 Å². The van der Waals surface area contributed by atoms with Gasteiger partial charge in [0.05, 0.1) is 0 Å². The SMILES string of the molecule is CSc1ccc(C(=O)C(C)CN2CCCCC2)cc1. The van der Waals surface area contributed by atoms with Gasteiger partial charge in [0.15, 0.2) is 5.78 Å².